The Hall–Kier alpha value is -1.02. The van der Waals surface area contributed by atoms with Gasteiger partial charge in [0.15, 0.2) is 0 Å². The van der Waals surface area contributed by atoms with Crippen LogP contribution in [0.1, 0.15) is 17.5 Å². The smallest absolute Gasteiger partial charge is 0.126 e. The molecule has 1 aromatic carbocycles. The minimum Gasteiger partial charge on any atom is -0.496 e. The van der Waals surface area contributed by atoms with E-state index in [0.717, 1.165) is 23.2 Å². The monoisotopic (exact) mass is 212 g/mol. The fraction of sp³-hybridized carbons (Fsp3) is 0.364. The molecule has 0 N–H and O–H groups in total. The van der Waals surface area contributed by atoms with Gasteiger partial charge in [-0.2, -0.15) is 0 Å². The van der Waals surface area contributed by atoms with Crippen molar-refractivity contribution in [2.75, 3.05) is 7.11 Å². The van der Waals surface area contributed by atoms with E-state index >= 15 is 0 Å². The van der Waals surface area contributed by atoms with E-state index < -0.39 is 0 Å². The van der Waals surface area contributed by atoms with Gasteiger partial charge in [-0.3, -0.25) is 0 Å². The van der Waals surface area contributed by atoms with Crippen molar-refractivity contribution in [1.29, 1.82) is 0 Å². The van der Waals surface area contributed by atoms with E-state index in [2.05, 4.69) is 0 Å². The molecule has 0 atom stereocenters. The van der Waals surface area contributed by atoms with E-state index in [0.29, 0.717) is 17.9 Å². The van der Waals surface area contributed by atoms with Crippen molar-refractivity contribution in [3.05, 3.63) is 28.3 Å². The second-order valence-corrected chi connectivity index (χ2v) is 3.49. The topological polar surface area (TPSA) is 26.3 Å². The maximum Gasteiger partial charge on any atom is 0.126 e. The summed E-state index contributed by atoms with van der Waals surface area (Å²) in [4.78, 5) is 10.3. The summed E-state index contributed by atoms with van der Waals surface area (Å²) in [6, 6.07) is 3.74. The molecule has 0 saturated heterocycles. The van der Waals surface area contributed by atoms with Gasteiger partial charge in [-0.05, 0) is 25.0 Å². The van der Waals surface area contributed by atoms with Gasteiger partial charge in [0.1, 0.15) is 12.0 Å². The molecule has 14 heavy (non-hydrogen) atoms. The third kappa shape index (κ3) is 2.26. The van der Waals surface area contributed by atoms with Crippen LogP contribution in [0.5, 0.6) is 5.75 Å². The Morgan fingerprint density at radius 2 is 2.21 bits per heavy atom. The van der Waals surface area contributed by atoms with Gasteiger partial charge in [0.05, 0.1) is 7.11 Å². The first-order valence-corrected chi connectivity index (χ1v) is 4.84. The van der Waals surface area contributed by atoms with Crippen molar-refractivity contribution in [2.45, 2.75) is 19.8 Å². The lowest BCUT2D eigenvalue weighted by molar-refractivity contribution is -0.107. The molecular weight excluding hydrogens is 200 g/mol. The number of ether oxygens (including phenoxy) is 1. The summed E-state index contributed by atoms with van der Waals surface area (Å²) in [5.41, 5.74) is 1.96. The van der Waals surface area contributed by atoms with E-state index in [1.165, 1.54) is 0 Å². The Kier molecular flexibility index (Phi) is 3.96. The fourth-order valence-electron chi connectivity index (χ4n) is 1.44. The zero-order valence-corrected chi connectivity index (χ0v) is 9.10. The van der Waals surface area contributed by atoms with Gasteiger partial charge in [0.2, 0.25) is 0 Å². The molecule has 0 aliphatic rings. The third-order valence-electron chi connectivity index (χ3n) is 2.12. The fourth-order valence-corrected chi connectivity index (χ4v) is 1.68. The highest BCUT2D eigenvalue weighted by Gasteiger charge is 2.09. The van der Waals surface area contributed by atoms with Gasteiger partial charge < -0.3 is 9.53 Å². The largest absolute Gasteiger partial charge is 0.496 e. The molecule has 76 valence electrons. The Labute approximate surface area is 88.8 Å². The van der Waals surface area contributed by atoms with Crippen molar-refractivity contribution >= 4 is 17.9 Å². The van der Waals surface area contributed by atoms with Gasteiger partial charge in [0, 0.05) is 17.0 Å². The minimum absolute atomic E-state index is 0.472. The molecule has 0 bridgehead atoms. The first-order chi connectivity index (χ1) is 6.70. The molecule has 3 heteroatoms. The molecule has 1 aromatic rings. The van der Waals surface area contributed by atoms with E-state index in [1.54, 1.807) is 7.11 Å². The molecule has 0 spiro atoms. The molecule has 0 fully saturated rings. The molecule has 0 aliphatic carbocycles. The number of hydrogen-bond acceptors (Lipinski definition) is 2. The summed E-state index contributed by atoms with van der Waals surface area (Å²) in [7, 11) is 1.61. The average Bonchev–Trinajstić information content (AvgIpc) is 2.19. The highest BCUT2D eigenvalue weighted by molar-refractivity contribution is 6.31. The molecule has 0 aliphatic heterocycles. The molecule has 0 unspecified atom stereocenters. The molecular formula is C11H13ClO2. The summed E-state index contributed by atoms with van der Waals surface area (Å²) in [5, 5.41) is 0.661. The number of benzene rings is 1. The van der Waals surface area contributed by atoms with E-state index in [4.69, 9.17) is 16.3 Å². The Balaban J connectivity index is 3.08. The van der Waals surface area contributed by atoms with E-state index in [1.807, 2.05) is 19.1 Å². The van der Waals surface area contributed by atoms with Crippen LogP contribution >= 0.6 is 11.6 Å². The second-order valence-electron chi connectivity index (χ2n) is 3.08. The van der Waals surface area contributed by atoms with Crippen LogP contribution in [0.3, 0.4) is 0 Å². The SMILES string of the molecule is COc1c(C)ccc(Cl)c1CCC=O. The van der Waals surface area contributed by atoms with Crippen LogP contribution in [0.15, 0.2) is 12.1 Å². The number of hydrogen-bond donors (Lipinski definition) is 0. The summed E-state index contributed by atoms with van der Waals surface area (Å²) in [6.07, 6.45) is 1.99. The number of rotatable bonds is 4. The predicted octanol–water partition coefficient (Wildman–Crippen LogP) is 2.79. The normalized spacial score (nSPS) is 9.93. The maximum atomic E-state index is 10.3. The maximum absolute atomic E-state index is 10.3. The summed E-state index contributed by atoms with van der Waals surface area (Å²) >= 11 is 6.02. The Morgan fingerprint density at radius 3 is 2.79 bits per heavy atom. The molecule has 2 nitrogen and oxygen atoms in total. The molecule has 0 radical (unpaired) electrons. The first-order valence-electron chi connectivity index (χ1n) is 4.46. The lowest BCUT2D eigenvalue weighted by atomic mass is 10.1. The zero-order valence-electron chi connectivity index (χ0n) is 8.34. The van der Waals surface area contributed by atoms with Gasteiger partial charge in [-0.1, -0.05) is 17.7 Å². The van der Waals surface area contributed by atoms with Crippen LogP contribution in [-0.2, 0) is 11.2 Å². The van der Waals surface area contributed by atoms with Crippen LogP contribution in [0.4, 0.5) is 0 Å². The highest BCUT2D eigenvalue weighted by atomic mass is 35.5. The summed E-state index contributed by atoms with van der Waals surface area (Å²) < 4.78 is 5.25. The first kappa shape index (κ1) is 11.1. The van der Waals surface area contributed by atoms with Gasteiger partial charge >= 0.3 is 0 Å². The quantitative estimate of drug-likeness (QED) is 0.718. The molecule has 1 rings (SSSR count). The molecule has 0 amide bonds. The minimum atomic E-state index is 0.472. The summed E-state index contributed by atoms with van der Waals surface area (Å²) in [5.74, 6) is 0.791. The molecule has 0 saturated carbocycles. The number of halogens is 1. The van der Waals surface area contributed by atoms with E-state index in [-0.39, 0.29) is 0 Å². The van der Waals surface area contributed by atoms with Crippen LogP contribution < -0.4 is 4.74 Å². The van der Waals surface area contributed by atoms with Gasteiger partial charge in [-0.25, -0.2) is 0 Å². The Bertz CT molecular complexity index is 334. The number of carbonyl (C=O) groups excluding carboxylic acids is 1. The van der Waals surface area contributed by atoms with Crippen LogP contribution in [-0.4, -0.2) is 13.4 Å². The number of methoxy groups -OCH3 is 1. The average molecular weight is 213 g/mol. The molecule has 0 heterocycles. The van der Waals surface area contributed by atoms with Crippen molar-refractivity contribution < 1.29 is 9.53 Å². The van der Waals surface area contributed by atoms with Crippen LogP contribution in [0, 0.1) is 6.92 Å². The number of aryl methyl sites for hydroxylation is 1. The lowest BCUT2D eigenvalue weighted by Gasteiger charge is -2.11. The van der Waals surface area contributed by atoms with Crippen molar-refractivity contribution in [3.8, 4) is 5.75 Å². The predicted molar refractivity (Wildman–Crippen MR) is 57.1 cm³/mol. The molecule has 0 aromatic heterocycles. The second kappa shape index (κ2) is 5.01. The van der Waals surface area contributed by atoms with Crippen LogP contribution in [0.25, 0.3) is 0 Å². The third-order valence-corrected chi connectivity index (χ3v) is 2.47. The van der Waals surface area contributed by atoms with Crippen molar-refractivity contribution in [2.24, 2.45) is 0 Å². The summed E-state index contributed by atoms with van der Waals surface area (Å²) in [6.45, 7) is 1.96. The van der Waals surface area contributed by atoms with Crippen molar-refractivity contribution in [3.63, 3.8) is 0 Å². The number of aldehydes is 1. The Morgan fingerprint density at radius 1 is 1.50 bits per heavy atom. The highest BCUT2D eigenvalue weighted by Crippen LogP contribution is 2.30. The van der Waals surface area contributed by atoms with E-state index in [9.17, 15) is 4.79 Å². The van der Waals surface area contributed by atoms with Gasteiger partial charge in [-0.15, -0.1) is 0 Å². The van der Waals surface area contributed by atoms with Gasteiger partial charge in [0.25, 0.3) is 0 Å². The number of carbonyl (C=O) groups is 1. The van der Waals surface area contributed by atoms with Crippen molar-refractivity contribution in [1.82, 2.24) is 0 Å². The lowest BCUT2D eigenvalue weighted by Crippen LogP contribution is -1.96. The van der Waals surface area contributed by atoms with Crippen LogP contribution in [0.2, 0.25) is 5.02 Å². The zero-order chi connectivity index (χ0) is 10.6. The standard InChI is InChI=1S/C11H13ClO2/c1-8-5-6-10(12)9(4-3-7-13)11(8)14-2/h5-7H,3-4H2,1-2H3.